The fourth-order valence-electron chi connectivity index (χ4n) is 3.28. The van der Waals surface area contributed by atoms with E-state index in [1.165, 1.54) is 25.0 Å². The van der Waals surface area contributed by atoms with Gasteiger partial charge in [-0.3, -0.25) is 9.10 Å². The van der Waals surface area contributed by atoms with Crippen LogP contribution < -0.4 is 10.1 Å². The summed E-state index contributed by atoms with van der Waals surface area (Å²) in [7, 11) is 2.07. The van der Waals surface area contributed by atoms with E-state index in [1.807, 2.05) is 71.0 Å². The third-order valence-corrected chi connectivity index (χ3v) is 6.19. The second-order valence-corrected chi connectivity index (χ2v) is 11.3. The quantitative estimate of drug-likeness (QED) is 0.261. The number of halogens is 1. The Balaban J connectivity index is -0.000000554. The molecule has 5 nitrogen and oxygen atoms in total. The molecule has 1 aliphatic rings. The monoisotopic (exact) mass is 608 g/mol. The van der Waals surface area contributed by atoms with Gasteiger partial charge in [-0.1, -0.05) is 92.0 Å². The zero-order valence-corrected chi connectivity index (χ0v) is 29.7. The summed E-state index contributed by atoms with van der Waals surface area (Å²) in [5, 5.41) is 3.30. The molecular formula is C35H61FN2O3S. The summed E-state index contributed by atoms with van der Waals surface area (Å²) >= 11 is 1.72. The van der Waals surface area contributed by atoms with Gasteiger partial charge in [0.1, 0.15) is 12.0 Å². The van der Waals surface area contributed by atoms with E-state index in [-0.39, 0.29) is 11.3 Å². The molecule has 7 heteroatoms. The van der Waals surface area contributed by atoms with Gasteiger partial charge in [-0.15, -0.1) is 0 Å². The summed E-state index contributed by atoms with van der Waals surface area (Å²) in [4.78, 5) is 20.9. The smallest absolute Gasteiger partial charge is 0.252 e. The zero-order chi connectivity index (χ0) is 33.1. The van der Waals surface area contributed by atoms with Crippen LogP contribution in [0.1, 0.15) is 116 Å². The number of ether oxygens (including phenoxy) is 1. The van der Waals surface area contributed by atoms with Crippen LogP contribution in [-0.2, 0) is 11.2 Å². The van der Waals surface area contributed by atoms with Crippen molar-refractivity contribution in [2.75, 3.05) is 13.6 Å². The van der Waals surface area contributed by atoms with Gasteiger partial charge in [-0.25, -0.2) is 4.39 Å². The van der Waals surface area contributed by atoms with Crippen LogP contribution in [0.3, 0.4) is 0 Å². The molecule has 1 saturated heterocycles. The normalized spacial score (nSPS) is 14.2. The van der Waals surface area contributed by atoms with E-state index in [1.54, 1.807) is 18.0 Å². The molecule has 42 heavy (non-hydrogen) atoms. The molecule has 0 spiro atoms. The fraction of sp³-hybridized carbons (Fsp3) is 0.600. The van der Waals surface area contributed by atoms with Crippen molar-refractivity contribution in [3.63, 3.8) is 0 Å². The first-order valence-corrected chi connectivity index (χ1v) is 16.3. The van der Waals surface area contributed by atoms with Crippen molar-refractivity contribution in [1.82, 2.24) is 9.62 Å². The predicted molar refractivity (Wildman–Crippen MR) is 183 cm³/mol. The van der Waals surface area contributed by atoms with Crippen LogP contribution in [-0.4, -0.2) is 41.8 Å². The maximum atomic E-state index is 12.5. The summed E-state index contributed by atoms with van der Waals surface area (Å²) in [6.45, 7) is 24.6. The summed E-state index contributed by atoms with van der Waals surface area (Å²) in [6.07, 6.45) is 3.80. The molecule has 1 fully saturated rings. The van der Waals surface area contributed by atoms with Gasteiger partial charge in [-0.2, -0.15) is 0 Å². The van der Waals surface area contributed by atoms with E-state index in [0.717, 1.165) is 55.6 Å². The number of aryl methyl sites for hydroxylation is 3. The number of benzene rings is 2. The lowest BCUT2D eigenvalue weighted by Gasteiger charge is -2.29. The van der Waals surface area contributed by atoms with Crippen LogP contribution in [0, 0.1) is 19.8 Å². The molecule has 0 aromatic heterocycles. The Bertz CT molecular complexity index is 935. The highest BCUT2D eigenvalue weighted by Gasteiger charge is 2.20. The number of hydrogen-bond donors (Lipinski definition) is 1. The molecule has 1 N–H and O–H groups in total. The minimum absolute atomic E-state index is 0.0332. The molecule has 1 heterocycles. The van der Waals surface area contributed by atoms with E-state index >= 15 is 0 Å². The highest BCUT2D eigenvalue weighted by atomic mass is 32.2. The minimum Gasteiger partial charge on any atom is -0.461 e. The van der Waals surface area contributed by atoms with Crippen LogP contribution in [0.2, 0.25) is 0 Å². The largest absolute Gasteiger partial charge is 0.461 e. The third-order valence-electron chi connectivity index (χ3n) is 5.04. The Morgan fingerprint density at radius 3 is 2.12 bits per heavy atom. The minimum atomic E-state index is -1.24. The SMILES string of the molecule is CC.CC.CC(C)C.CC=O.CCCc1cccc(OC(C)F)c1.Cc1ccc(C(=O)NC2CCCN(C)S2)cc1C. The lowest BCUT2D eigenvalue weighted by Crippen LogP contribution is -2.38. The lowest BCUT2D eigenvalue weighted by atomic mass is 10.1. The topological polar surface area (TPSA) is 58.6 Å². The number of alkyl halides is 1. The van der Waals surface area contributed by atoms with E-state index in [0.29, 0.717) is 5.75 Å². The Morgan fingerprint density at radius 2 is 1.64 bits per heavy atom. The third kappa shape index (κ3) is 24.2. The zero-order valence-electron chi connectivity index (χ0n) is 28.8. The molecule has 1 amide bonds. The average molecular weight is 609 g/mol. The number of carbonyl (C=O) groups is 2. The standard InChI is InChI=1S/C14H20N2OS.C11H15FO.C4H10.C2H4O.2C2H6/c1-10-6-7-12(9-11(10)2)14(17)15-13-5-4-8-16(3)18-13;1-3-5-10-6-4-7-11(8-10)13-9(2)12;1-4(2)3;1-2-3;2*1-2/h6-7,9,13H,4-5,8H2,1-3H3,(H,15,17);4,6-9H,3,5H2,1-2H3;4H,1-3H3;2H,1H3;2*1-2H3. The Morgan fingerprint density at radius 1 is 1.07 bits per heavy atom. The van der Waals surface area contributed by atoms with Gasteiger partial charge in [-0.05, 0) is 94.0 Å². The molecule has 0 bridgehead atoms. The Labute approximate surface area is 262 Å². The number of rotatable bonds is 6. The van der Waals surface area contributed by atoms with Crippen molar-refractivity contribution in [2.45, 2.75) is 120 Å². The number of aldehydes is 1. The molecular weight excluding hydrogens is 547 g/mol. The van der Waals surface area contributed by atoms with Gasteiger partial charge < -0.3 is 14.8 Å². The summed E-state index contributed by atoms with van der Waals surface area (Å²) in [5.74, 6) is 1.48. The van der Waals surface area contributed by atoms with Gasteiger partial charge in [0.2, 0.25) is 6.36 Å². The first kappa shape index (κ1) is 44.1. The Hall–Kier alpha value is -2.38. The van der Waals surface area contributed by atoms with Gasteiger partial charge in [0, 0.05) is 19.0 Å². The van der Waals surface area contributed by atoms with E-state index < -0.39 is 6.36 Å². The van der Waals surface area contributed by atoms with Crippen molar-refractivity contribution in [3.8, 4) is 5.75 Å². The number of carbonyl (C=O) groups excluding carboxylic acids is 2. The molecule has 2 aromatic carbocycles. The van der Waals surface area contributed by atoms with Crippen LogP contribution >= 0.6 is 11.9 Å². The highest BCUT2D eigenvalue weighted by molar-refractivity contribution is 7.97. The summed E-state index contributed by atoms with van der Waals surface area (Å²) in [6, 6.07) is 13.4. The highest BCUT2D eigenvalue weighted by Crippen LogP contribution is 2.24. The second-order valence-electron chi connectivity index (χ2n) is 9.89. The van der Waals surface area contributed by atoms with Crippen molar-refractivity contribution in [1.29, 1.82) is 0 Å². The van der Waals surface area contributed by atoms with E-state index in [9.17, 15) is 9.18 Å². The summed E-state index contributed by atoms with van der Waals surface area (Å²) < 4.78 is 19.6. The predicted octanol–water partition coefficient (Wildman–Crippen LogP) is 9.99. The van der Waals surface area contributed by atoms with Crippen molar-refractivity contribution < 1.29 is 18.7 Å². The number of nitrogens with zero attached hydrogens (tertiary/aromatic N) is 1. The number of amides is 1. The fourth-order valence-corrected chi connectivity index (χ4v) is 4.38. The molecule has 2 aromatic rings. The van der Waals surface area contributed by atoms with Gasteiger partial charge >= 0.3 is 0 Å². The molecule has 0 radical (unpaired) electrons. The van der Waals surface area contributed by atoms with Crippen molar-refractivity contribution in [2.24, 2.45) is 5.92 Å². The van der Waals surface area contributed by atoms with Crippen molar-refractivity contribution in [3.05, 3.63) is 64.7 Å². The van der Waals surface area contributed by atoms with Crippen LogP contribution in [0.15, 0.2) is 42.5 Å². The first-order valence-electron chi connectivity index (χ1n) is 15.5. The molecule has 1 aliphatic heterocycles. The molecule has 0 aliphatic carbocycles. The lowest BCUT2D eigenvalue weighted by molar-refractivity contribution is -0.106. The van der Waals surface area contributed by atoms with Crippen LogP contribution in [0.5, 0.6) is 5.75 Å². The average Bonchev–Trinajstić information content (AvgIpc) is 2.93. The van der Waals surface area contributed by atoms with Gasteiger partial charge in [0.15, 0.2) is 0 Å². The number of hydrogen-bond acceptors (Lipinski definition) is 5. The van der Waals surface area contributed by atoms with Crippen molar-refractivity contribution >= 4 is 24.1 Å². The molecule has 2 unspecified atom stereocenters. The Kier molecular flexibility index (Phi) is 30.1. The van der Waals surface area contributed by atoms with E-state index in [4.69, 9.17) is 9.53 Å². The van der Waals surface area contributed by atoms with Crippen LogP contribution in [0.4, 0.5) is 4.39 Å². The molecule has 0 saturated carbocycles. The molecule has 242 valence electrons. The molecule has 3 rings (SSSR count). The molecule has 2 atom stereocenters. The maximum absolute atomic E-state index is 12.5. The number of nitrogens with one attached hydrogen (secondary N) is 1. The summed E-state index contributed by atoms with van der Waals surface area (Å²) in [5.41, 5.74) is 4.34. The first-order chi connectivity index (χ1) is 19.9. The van der Waals surface area contributed by atoms with Gasteiger partial charge in [0.05, 0.1) is 5.37 Å². The van der Waals surface area contributed by atoms with E-state index in [2.05, 4.69) is 51.3 Å². The second kappa shape index (κ2) is 28.7. The van der Waals surface area contributed by atoms with Crippen LogP contribution in [0.25, 0.3) is 0 Å². The van der Waals surface area contributed by atoms with Gasteiger partial charge in [0.25, 0.3) is 5.91 Å². The maximum Gasteiger partial charge on any atom is 0.252 e.